The molecule has 2 aromatic rings. The van der Waals surface area contributed by atoms with E-state index in [4.69, 9.17) is 11.6 Å². The third-order valence-corrected chi connectivity index (χ3v) is 4.22. The highest BCUT2D eigenvalue weighted by molar-refractivity contribution is 6.31. The van der Waals surface area contributed by atoms with Crippen LogP contribution in [0.25, 0.3) is 0 Å². The van der Waals surface area contributed by atoms with Crippen LogP contribution in [0.15, 0.2) is 42.5 Å². The first-order valence-corrected chi connectivity index (χ1v) is 8.49. The Morgan fingerprint density at radius 2 is 1.83 bits per heavy atom. The van der Waals surface area contributed by atoms with Crippen LogP contribution in [-0.4, -0.2) is 36.9 Å². The summed E-state index contributed by atoms with van der Waals surface area (Å²) in [5.74, 6) is -0.905. The van der Waals surface area contributed by atoms with E-state index in [1.165, 1.54) is 12.1 Å². The molecule has 0 radical (unpaired) electrons. The number of anilines is 1. The van der Waals surface area contributed by atoms with Crippen LogP contribution in [-0.2, 0) is 0 Å². The lowest BCUT2D eigenvalue weighted by Crippen LogP contribution is -2.28. The van der Waals surface area contributed by atoms with Gasteiger partial charge in [-0.3, -0.25) is 4.79 Å². The number of rotatable bonds is 8. The molecule has 0 aliphatic carbocycles. The van der Waals surface area contributed by atoms with E-state index in [0.29, 0.717) is 22.8 Å². The summed E-state index contributed by atoms with van der Waals surface area (Å²) >= 11 is 6.04. The summed E-state index contributed by atoms with van der Waals surface area (Å²) in [6.07, 6.45) is 0. The summed E-state index contributed by atoms with van der Waals surface area (Å²) in [6, 6.07) is 11.0. The van der Waals surface area contributed by atoms with E-state index in [1.807, 2.05) is 0 Å². The average molecular weight is 349 g/mol. The molecule has 128 valence electrons. The normalized spacial score (nSPS) is 10.9. The molecule has 0 heterocycles. The Labute approximate surface area is 147 Å². The first-order valence-electron chi connectivity index (χ1n) is 8.11. The van der Waals surface area contributed by atoms with Crippen molar-refractivity contribution in [3.8, 4) is 0 Å². The molecular weight excluding hydrogens is 327 g/mol. The third kappa shape index (κ3) is 4.56. The number of nitrogens with zero attached hydrogens (tertiary/aromatic N) is 1. The van der Waals surface area contributed by atoms with Crippen molar-refractivity contribution in [2.75, 3.05) is 31.5 Å². The van der Waals surface area contributed by atoms with E-state index in [0.717, 1.165) is 19.6 Å². The molecule has 0 atom stereocenters. The van der Waals surface area contributed by atoms with Crippen molar-refractivity contribution in [2.45, 2.75) is 13.8 Å². The van der Waals surface area contributed by atoms with Crippen LogP contribution < -0.4 is 5.32 Å². The quantitative estimate of drug-likeness (QED) is 0.715. The van der Waals surface area contributed by atoms with Gasteiger partial charge in [0.25, 0.3) is 0 Å². The van der Waals surface area contributed by atoms with Crippen molar-refractivity contribution in [1.82, 2.24) is 4.90 Å². The largest absolute Gasteiger partial charge is 0.383 e. The molecule has 0 saturated heterocycles. The summed E-state index contributed by atoms with van der Waals surface area (Å²) in [5.41, 5.74) is 1.10. The molecule has 0 aliphatic heterocycles. The van der Waals surface area contributed by atoms with Crippen LogP contribution in [0.4, 0.5) is 10.1 Å². The monoisotopic (exact) mass is 348 g/mol. The van der Waals surface area contributed by atoms with Gasteiger partial charge in [0, 0.05) is 29.4 Å². The lowest BCUT2D eigenvalue weighted by molar-refractivity contribution is 0.103. The number of nitrogens with one attached hydrogen (secondary N) is 1. The highest BCUT2D eigenvalue weighted by atomic mass is 35.5. The van der Waals surface area contributed by atoms with E-state index in [2.05, 4.69) is 24.1 Å². The number of carbonyl (C=O) groups is 1. The van der Waals surface area contributed by atoms with Gasteiger partial charge >= 0.3 is 0 Å². The molecule has 0 spiro atoms. The summed E-state index contributed by atoms with van der Waals surface area (Å²) in [4.78, 5) is 15.0. The molecule has 0 fully saturated rings. The first kappa shape index (κ1) is 18.4. The smallest absolute Gasteiger partial charge is 0.198 e. The van der Waals surface area contributed by atoms with Gasteiger partial charge in [-0.05, 0) is 43.4 Å². The van der Waals surface area contributed by atoms with Gasteiger partial charge in [-0.25, -0.2) is 4.39 Å². The zero-order valence-electron chi connectivity index (χ0n) is 14.0. The second-order valence-electron chi connectivity index (χ2n) is 5.45. The number of carbonyl (C=O) groups excluding carboxylic acids is 1. The maximum absolute atomic E-state index is 13.9. The Hall–Kier alpha value is -1.91. The van der Waals surface area contributed by atoms with Crippen LogP contribution in [0, 0.1) is 5.82 Å². The Morgan fingerprint density at radius 3 is 2.50 bits per heavy atom. The third-order valence-electron chi connectivity index (χ3n) is 3.98. The van der Waals surface area contributed by atoms with E-state index < -0.39 is 5.82 Å². The minimum absolute atomic E-state index is 0.0477. The van der Waals surface area contributed by atoms with Gasteiger partial charge in [0.1, 0.15) is 5.82 Å². The lowest BCUT2D eigenvalue weighted by atomic mass is 10.0. The van der Waals surface area contributed by atoms with Crippen LogP contribution in [0.1, 0.15) is 29.8 Å². The summed E-state index contributed by atoms with van der Waals surface area (Å²) < 4.78 is 13.9. The van der Waals surface area contributed by atoms with Crippen molar-refractivity contribution in [3.63, 3.8) is 0 Å². The molecule has 0 amide bonds. The fourth-order valence-electron chi connectivity index (χ4n) is 2.54. The number of hydrogen-bond acceptors (Lipinski definition) is 3. The van der Waals surface area contributed by atoms with Crippen molar-refractivity contribution in [3.05, 3.63) is 64.4 Å². The summed E-state index contributed by atoms with van der Waals surface area (Å²) in [5, 5.41) is 3.71. The molecule has 24 heavy (non-hydrogen) atoms. The highest BCUT2D eigenvalue weighted by Crippen LogP contribution is 2.24. The molecule has 3 nitrogen and oxygen atoms in total. The molecule has 1 N–H and O–H groups in total. The Morgan fingerprint density at radius 1 is 1.12 bits per heavy atom. The number of likely N-dealkylation sites (N-methyl/N-ethyl adjacent to an activating group) is 1. The average Bonchev–Trinajstić information content (AvgIpc) is 2.59. The van der Waals surface area contributed by atoms with Gasteiger partial charge in [0.2, 0.25) is 0 Å². The zero-order chi connectivity index (χ0) is 17.5. The maximum Gasteiger partial charge on any atom is 0.198 e. The number of halogens is 2. The number of benzene rings is 2. The predicted molar refractivity (Wildman–Crippen MR) is 97.6 cm³/mol. The Kier molecular flexibility index (Phi) is 6.76. The lowest BCUT2D eigenvalue weighted by Gasteiger charge is -2.19. The van der Waals surface area contributed by atoms with Crippen LogP contribution >= 0.6 is 11.6 Å². The predicted octanol–water partition coefficient (Wildman–Crippen LogP) is 4.46. The summed E-state index contributed by atoms with van der Waals surface area (Å²) in [7, 11) is 0. The van der Waals surface area contributed by atoms with Crippen molar-refractivity contribution in [2.24, 2.45) is 0 Å². The molecule has 5 heteroatoms. The maximum atomic E-state index is 13.9. The number of ketones is 1. The fraction of sp³-hybridized carbons (Fsp3) is 0.316. The molecule has 0 unspecified atom stereocenters. The van der Waals surface area contributed by atoms with Gasteiger partial charge < -0.3 is 10.2 Å². The van der Waals surface area contributed by atoms with Crippen LogP contribution in [0.2, 0.25) is 5.02 Å². The van der Waals surface area contributed by atoms with Gasteiger partial charge in [-0.1, -0.05) is 37.6 Å². The Bertz CT molecular complexity index is 702. The molecule has 2 rings (SSSR count). The standard InChI is InChI=1S/C19H22ClFN2O/c1-3-23(4-2)12-11-22-18-10-9-14(20)13-16(18)19(24)15-7-5-6-8-17(15)21/h5-10,13,22H,3-4,11-12H2,1-2H3. The molecule has 0 saturated carbocycles. The Balaban J connectivity index is 2.22. The molecule has 0 aromatic heterocycles. The van der Waals surface area contributed by atoms with Crippen molar-refractivity contribution in [1.29, 1.82) is 0 Å². The van der Waals surface area contributed by atoms with Crippen LogP contribution in [0.3, 0.4) is 0 Å². The van der Waals surface area contributed by atoms with E-state index in [1.54, 1.807) is 30.3 Å². The van der Waals surface area contributed by atoms with Crippen molar-refractivity contribution < 1.29 is 9.18 Å². The second-order valence-corrected chi connectivity index (χ2v) is 5.89. The minimum Gasteiger partial charge on any atom is -0.383 e. The molecule has 0 aliphatic rings. The molecule has 2 aromatic carbocycles. The van der Waals surface area contributed by atoms with Gasteiger partial charge in [0.05, 0.1) is 5.56 Å². The topological polar surface area (TPSA) is 32.3 Å². The fourth-order valence-corrected chi connectivity index (χ4v) is 2.71. The van der Waals surface area contributed by atoms with E-state index in [9.17, 15) is 9.18 Å². The zero-order valence-corrected chi connectivity index (χ0v) is 14.7. The second kappa shape index (κ2) is 8.81. The van der Waals surface area contributed by atoms with Crippen molar-refractivity contribution >= 4 is 23.1 Å². The molecular formula is C19H22ClFN2O. The van der Waals surface area contributed by atoms with Gasteiger partial charge in [0.15, 0.2) is 5.78 Å². The van der Waals surface area contributed by atoms with E-state index >= 15 is 0 Å². The molecule has 0 bridgehead atoms. The minimum atomic E-state index is -0.531. The summed E-state index contributed by atoms with van der Waals surface area (Å²) in [6.45, 7) is 7.72. The van der Waals surface area contributed by atoms with E-state index in [-0.39, 0.29) is 11.3 Å². The van der Waals surface area contributed by atoms with Gasteiger partial charge in [-0.2, -0.15) is 0 Å². The SMILES string of the molecule is CCN(CC)CCNc1ccc(Cl)cc1C(=O)c1ccccc1F. The highest BCUT2D eigenvalue weighted by Gasteiger charge is 2.17. The first-order chi connectivity index (χ1) is 11.6. The van der Waals surface area contributed by atoms with Gasteiger partial charge in [-0.15, -0.1) is 0 Å². The number of hydrogen-bond donors (Lipinski definition) is 1. The van der Waals surface area contributed by atoms with Crippen LogP contribution in [0.5, 0.6) is 0 Å².